The molecule has 1 unspecified atom stereocenters. The van der Waals surface area contributed by atoms with Crippen molar-refractivity contribution in [3.05, 3.63) is 4.88 Å². The van der Waals surface area contributed by atoms with Crippen molar-refractivity contribution in [2.75, 3.05) is 32.6 Å². The van der Waals surface area contributed by atoms with Crippen LogP contribution >= 0.6 is 11.3 Å². The largest absolute Gasteiger partial charge is 0.480 e. The van der Waals surface area contributed by atoms with E-state index < -0.39 is 5.60 Å². The molecule has 6 heteroatoms. The number of methoxy groups -OCH3 is 1. The molecular weight excluding hydrogens is 250 g/mol. The van der Waals surface area contributed by atoms with Gasteiger partial charge < -0.3 is 20.1 Å². The lowest BCUT2D eigenvalue weighted by molar-refractivity contribution is 0.0556. The van der Waals surface area contributed by atoms with Crippen molar-refractivity contribution in [3.8, 4) is 5.88 Å². The number of anilines is 1. The van der Waals surface area contributed by atoms with Crippen LogP contribution in [0.5, 0.6) is 5.88 Å². The van der Waals surface area contributed by atoms with Gasteiger partial charge in [0.15, 0.2) is 5.13 Å². The van der Waals surface area contributed by atoms with Crippen LogP contribution in [-0.2, 0) is 6.54 Å². The summed E-state index contributed by atoms with van der Waals surface area (Å²) >= 11 is 1.60. The number of aliphatic hydroxyl groups is 1. The SMILES string of the molecule is CCC(C)(O)CNCc1sc(N(C)C)nc1OC. The molecule has 0 amide bonds. The Morgan fingerprint density at radius 2 is 2.17 bits per heavy atom. The number of ether oxygens (including phenoxy) is 1. The predicted octanol–water partition coefficient (Wildman–Crippen LogP) is 1.47. The third-order valence-corrected chi connectivity index (χ3v) is 3.98. The fourth-order valence-corrected chi connectivity index (χ4v) is 2.28. The van der Waals surface area contributed by atoms with Gasteiger partial charge in [-0.2, -0.15) is 4.98 Å². The van der Waals surface area contributed by atoms with E-state index in [4.69, 9.17) is 4.74 Å². The van der Waals surface area contributed by atoms with E-state index in [1.54, 1.807) is 18.4 Å². The third kappa shape index (κ3) is 4.12. The molecule has 0 aliphatic rings. The summed E-state index contributed by atoms with van der Waals surface area (Å²) in [6, 6.07) is 0. The molecule has 104 valence electrons. The molecular formula is C12H23N3O2S. The van der Waals surface area contributed by atoms with Crippen LogP contribution in [0.2, 0.25) is 0 Å². The predicted molar refractivity (Wildman–Crippen MR) is 75.6 cm³/mol. The number of hydrogen-bond donors (Lipinski definition) is 2. The number of aromatic nitrogens is 1. The van der Waals surface area contributed by atoms with Crippen LogP contribution in [0, 0.1) is 0 Å². The van der Waals surface area contributed by atoms with Gasteiger partial charge in [0.2, 0.25) is 5.88 Å². The van der Waals surface area contributed by atoms with Crippen molar-refractivity contribution in [1.82, 2.24) is 10.3 Å². The molecule has 0 fully saturated rings. The van der Waals surface area contributed by atoms with Gasteiger partial charge in [-0.15, -0.1) is 0 Å². The van der Waals surface area contributed by atoms with Crippen molar-refractivity contribution in [2.45, 2.75) is 32.4 Å². The Balaban J connectivity index is 2.61. The van der Waals surface area contributed by atoms with Gasteiger partial charge in [-0.05, 0) is 13.3 Å². The second-order valence-electron chi connectivity index (χ2n) is 4.78. The van der Waals surface area contributed by atoms with Gasteiger partial charge in [0.05, 0.1) is 17.6 Å². The molecule has 0 saturated heterocycles. The fourth-order valence-electron chi connectivity index (χ4n) is 1.36. The number of rotatable bonds is 7. The van der Waals surface area contributed by atoms with E-state index in [0.29, 0.717) is 19.0 Å². The molecule has 1 heterocycles. The fraction of sp³-hybridized carbons (Fsp3) is 0.750. The van der Waals surface area contributed by atoms with Crippen molar-refractivity contribution < 1.29 is 9.84 Å². The molecule has 0 bridgehead atoms. The number of thiazole rings is 1. The second-order valence-corrected chi connectivity index (χ2v) is 5.84. The smallest absolute Gasteiger partial charge is 0.230 e. The standard InChI is InChI=1S/C12H23N3O2S/c1-6-12(2,16)8-13-7-9-10(17-5)14-11(18-9)15(3)4/h13,16H,6-8H2,1-5H3. The van der Waals surface area contributed by atoms with Crippen LogP contribution in [0.25, 0.3) is 0 Å². The summed E-state index contributed by atoms with van der Waals surface area (Å²) in [7, 11) is 5.54. The van der Waals surface area contributed by atoms with Crippen LogP contribution in [0.15, 0.2) is 0 Å². The average molecular weight is 273 g/mol. The highest BCUT2D eigenvalue weighted by Gasteiger charge is 2.18. The maximum Gasteiger partial charge on any atom is 0.230 e. The van der Waals surface area contributed by atoms with E-state index in [1.807, 2.05) is 32.8 Å². The minimum atomic E-state index is -0.664. The van der Waals surface area contributed by atoms with Crippen molar-refractivity contribution >= 4 is 16.5 Å². The van der Waals surface area contributed by atoms with Crippen LogP contribution in [0.3, 0.4) is 0 Å². The highest BCUT2D eigenvalue weighted by Crippen LogP contribution is 2.30. The summed E-state index contributed by atoms with van der Waals surface area (Å²) in [4.78, 5) is 7.39. The highest BCUT2D eigenvalue weighted by atomic mass is 32.1. The first kappa shape index (κ1) is 15.2. The van der Waals surface area contributed by atoms with Crippen molar-refractivity contribution in [2.24, 2.45) is 0 Å². The molecule has 0 saturated carbocycles. The number of hydrogen-bond acceptors (Lipinski definition) is 6. The van der Waals surface area contributed by atoms with E-state index in [9.17, 15) is 5.11 Å². The summed E-state index contributed by atoms with van der Waals surface area (Å²) in [5.41, 5.74) is -0.664. The highest BCUT2D eigenvalue weighted by molar-refractivity contribution is 7.15. The lowest BCUT2D eigenvalue weighted by Crippen LogP contribution is -2.36. The zero-order chi connectivity index (χ0) is 13.8. The zero-order valence-corrected chi connectivity index (χ0v) is 12.6. The molecule has 5 nitrogen and oxygen atoms in total. The van der Waals surface area contributed by atoms with E-state index >= 15 is 0 Å². The Kier molecular flexibility index (Phi) is 5.37. The first-order valence-corrected chi connectivity index (χ1v) is 6.85. The summed E-state index contributed by atoms with van der Waals surface area (Å²) in [6.45, 7) is 5.01. The lowest BCUT2D eigenvalue weighted by atomic mass is 10.0. The lowest BCUT2D eigenvalue weighted by Gasteiger charge is -2.21. The Morgan fingerprint density at radius 3 is 2.67 bits per heavy atom. The molecule has 1 rings (SSSR count). The van der Waals surface area contributed by atoms with Gasteiger partial charge >= 0.3 is 0 Å². The monoisotopic (exact) mass is 273 g/mol. The molecule has 1 aromatic heterocycles. The zero-order valence-electron chi connectivity index (χ0n) is 11.8. The van der Waals surface area contributed by atoms with E-state index in [2.05, 4.69) is 10.3 Å². The molecule has 0 aliphatic carbocycles. The minimum absolute atomic E-state index is 0.557. The second kappa shape index (κ2) is 6.36. The molecule has 0 spiro atoms. The summed E-state index contributed by atoms with van der Waals surface area (Å²) < 4.78 is 5.26. The molecule has 0 radical (unpaired) electrons. The minimum Gasteiger partial charge on any atom is -0.480 e. The summed E-state index contributed by atoms with van der Waals surface area (Å²) in [5, 5.41) is 14.1. The number of nitrogens with one attached hydrogen (secondary N) is 1. The summed E-state index contributed by atoms with van der Waals surface area (Å²) in [6.07, 6.45) is 0.725. The van der Waals surface area contributed by atoms with E-state index in [-0.39, 0.29) is 0 Å². The van der Waals surface area contributed by atoms with Crippen LogP contribution in [0.1, 0.15) is 25.1 Å². The molecule has 0 aromatic carbocycles. The van der Waals surface area contributed by atoms with Crippen molar-refractivity contribution in [1.29, 1.82) is 0 Å². The summed E-state index contributed by atoms with van der Waals surface area (Å²) in [5.74, 6) is 0.660. The average Bonchev–Trinajstić information content (AvgIpc) is 2.72. The Hall–Kier alpha value is -0.850. The van der Waals surface area contributed by atoms with Gasteiger partial charge in [-0.3, -0.25) is 0 Å². The van der Waals surface area contributed by atoms with E-state index in [0.717, 1.165) is 16.4 Å². The normalized spacial score (nSPS) is 14.3. The van der Waals surface area contributed by atoms with Crippen molar-refractivity contribution in [3.63, 3.8) is 0 Å². The first-order valence-electron chi connectivity index (χ1n) is 6.03. The van der Waals surface area contributed by atoms with Gasteiger partial charge in [-0.1, -0.05) is 18.3 Å². The van der Waals surface area contributed by atoms with Crippen LogP contribution in [-0.4, -0.2) is 43.4 Å². The van der Waals surface area contributed by atoms with Crippen LogP contribution in [0.4, 0.5) is 5.13 Å². The van der Waals surface area contributed by atoms with Crippen LogP contribution < -0.4 is 15.0 Å². The van der Waals surface area contributed by atoms with Gasteiger partial charge in [0.25, 0.3) is 0 Å². The quantitative estimate of drug-likeness (QED) is 0.788. The molecule has 0 aliphatic heterocycles. The molecule has 1 atom stereocenters. The third-order valence-electron chi connectivity index (χ3n) is 2.78. The molecule has 2 N–H and O–H groups in total. The van der Waals surface area contributed by atoms with Gasteiger partial charge in [-0.25, -0.2) is 0 Å². The Morgan fingerprint density at radius 1 is 1.50 bits per heavy atom. The Bertz CT molecular complexity index is 377. The topological polar surface area (TPSA) is 57.6 Å². The maximum absolute atomic E-state index is 9.91. The number of nitrogens with zero attached hydrogens (tertiary/aromatic N) is 2. The molecule has 18 heavy (non-hydrogen) atoms. The van der Waals surface area contributed by atoms with Gasteiger partial charge in [0, 0.05) is 27.2 Å². The first-order chi connectivity index (χ1) is 8.39. The van der Waals surface area contributed by atoms with E-state index in [1.165, 1.54) is 0 Å². The maximum atomic E-state index is 9.91. The Labute approximate surface area is 113 Å². The van der Waals surface area contributed by atoms with Gasteiger partial charge in [0.1, 0.15) is 0 Å². The molecule has 1 aromatic rings.